The van der Waals surface area contributed by atoms with Gasteiger partial charge in [0.1, 0.15) is 0 Å². The SMILES string of the molecule is Cc1ccc(C2CC(=O)c3cnc(N4CCN(Cc5ccc6c(c5)OCO6)CC4)nc3C2)cc1. The molecule has 174 valence electrons. The average molecular weight is 457 g/mol. The minimum absolute atomic E-state index is 0.145. The number of aryl methyl sites for hydroxylation is 1. The van der Waals surface area contributed by atoms with E-state index in [0.29, 0.717) is 18.8 Å². The zero-order chi connectivity index (χ0) is 23.1. The lowest BCUT2D eigenvalue weighted by molar-refractivity contribution is 0.0962. The normalized spacial score (nSPS) is 19.9. The first-order valence-electron chi connectivity index (χ1n) is 11.9. The highest BCUT2D eigenvalue weighted by molar-refractivity contribution is 5.98. The number of fused-ring (bicyclic) bond motifs is 2. The van der Waals surface area contributed by atoms with E-state index in [1.807, 2.05) is 6.07 Å². The van der Waals surface area contributed by atoms with Gasteiger partial charge in [-0.3, -0.25) is 9.69 Å². The molecule has 3 heterocycles. The Hall–Kier alpha value is -3.45. The lowest BCUT2D eigenvalue weighted by atomic mass is 9.82. The van der Waals surface area contributed by atoms with Gasteiger partial charge in [-0.2, -0.15) is 0 Å². The number of hydrogen-bond acceptors (Lipinski definition) is 7. The summed E-state index contributed by atoms with van der Waals surface area (Å²) in [5.74, 6) is 2.71. The van der Waals surface area contributed by atoms with Gasteiger partial charge in [-0.25, -0.2) is 9.97 Å². The van der Waals surface area contributed by atoms with Gasteiger partial charge in [-0.15, -0.1) is 0 Å². The van der Waals surface area contributed by atoms with Crippen molar-refractivity contribution in [1.82, 2.24) is 14.9 Å². The molecule has 1 aliphatic carbocycles. The number of rotatable bonds is 4. The smallest absolute Gasteiger partial charge is 0.231 e. The van der Waals surface area contributed by atoms with Gasteiger partial charge in [0.2, 0.25) is 12.7 Å². The summed E-state index contributed by atoms with van der Waals surface area (Å²) in [6, 6.07) is 14.7. The van der Waals surface area contributed by atoms with Crippen LogP contribution in [0.2, 0.25) is 0 Å². The molecule has 0 bridgehead atoms. The second-order valence-electron chi connectivity index (χ2n) is 9.42. The highest BCUT2D eigenvalue weighted by Crippen LogP contribution is 2.34. The first-order chi connectivity index (χ1) is 16.6. The highest BCUT2D eigenvalue weighted by Gasteiger charge is 2.29. The van der Waals surface area contributed by atoms with E-state index in [2.05, 4.69) is 58.1 Å². The van der Waals surface area contributed by atoms with Crippen molar-refractivity contribution in [3.8, 4) is 11.5 Å². The van der Waals surface area contributed by atoms with E-state index in [1.165, 1.54) is 16.7 Å². The third-order valence-electron chi connectivity index (χ3n) is 7.07. The summed E-state index contributed by atoms with van der Waals surface area (Å²) in [7, 11) is 0. The minimum Gasteiger partial charge on any atom is -0.454 e. The Labute approximate surface area is 199 Å². The highest BCUT2D eigenvalue weighted by atomic mass is 16.7. The van der Waals surface area contributed by atoms with Gasteiger partial charge in [0.25, 0.3) is 0 Å². The van der Waals surface area contributed by atoms with Crippen molar-refractivity contribution in [3.63, 3.8) is 0 Å². The second kappa shape index (κ2) is 8.72. The Morgan fingerprint density at radius 3 is 2.59 bits per heavy atom. The fourth-order valence-corrected chi connectivity index (χ4v) is 5.06. The van der Waals surface area contributed by atoms with Crippen LogP contribution in [0.15, 0.2) is 48.7 Å². The van der Waals surface area contributed by atoms with Crippen molar-refractivity contribution in [1.29, 1.82) is 0 Å². The van der Waals surface area contributed by atoms with E-state index in [0.717, 1.165) is 62.3 Å². The minimum atomic E-state index is 0.145. The van der Waals surface area contributed by atoms with Crippen LogP contribution in [-0.4, -0.2) is 53.6 Å². The van der Waals surface area contributed by atoms with Crippen molar-refractivity contribution in [2.45, 2.75) is 32.2 Å². The summed E-state index contributed by atoms with van der Waals surface area (Å²) >= 11 is 0. The molecular weight excluding hydrogens is 428 g/mol. The number of piperazine rings is 1. The standard InChI is InChI=1S/C27H28N4O3/c1-18-2-5-20(6-3-18)21-13-23-22(24(32)14-21)15-28-27(29-23)31-10-8-30(9-11-31)16-19-4-7-25-26(12-19)34-17-33-25/h2-7,12,15,21H,8-11,13-14,16-17H2,1H3. The second-order valence-corrected chi connectivity index (χ2v) is 9.42. The van der Waals surface area contributed by atoms with Gasteiger partial charge in [-0.05, 0) is 42.5 Å². The van der Waals surface area contributed by atoms with Crippen molar-refractivity contribution in [3.05, 3.63) is 76.6 Å². The molecule has 1 aromatic heterocycles. The Balaban J connectivity index is 1.12. The van der Waals surface area contributed by atoms with Crippen LogP contribution < -0.4 is 14.4 Å². The van der Waals surface area contributed by atoms with Crippen LogP contribution in [-0.2, 0) is 13.0 Å². The first-order valence-corrected chi connectivity index (χ1v) is 11.9. The number of anilines is 1. The number of nitrogens with zero attached hydrogens (tertiary/aromatic N) is 4. The molecule has 1 fully saturated rings. The maximum absolute atomic E-state index is 12.8. The van der Waals surface area contributed by atoms with E-state index in [4.69, 9.17) is 14.5 Å². The van der Waals surface area contributed by atoms with E-state index in [1.54, 1.807) is 6.20 Å². The van der Waals surface area contributed by atoms with Gasteiger partial charge in [0.15, 0.2) is 17.3 Å². The Bertz CT molecular complexity index is 1220. The van der Waals surface area contributed by atoms with E-state index >= 15 is 0 Å². The van der Waals surface area contributed by atoms with Crippen molar-refractivity contribution in [2.75, 3.05) is 37.9 Å². The monoisotopic (exact) mass is 456 g/mol. The Morgan fingerprint density at radius 1 is 0.971 bits per heavy atom. The fourth-order valence-electron chi connectivity index (χ4n) is 5.06. The molecule has 7 nitrogen and oxygen atoms in total. The summed E-state index contributed by atoms with van der Waals surface area (Å²) < 4.78 is 10.9. The van der Waals surface area contributed by atoms with E-state index in [-0.39, 0.29) is 11.7 Å². The molecule has 2 aromatic carbocycles. The van der Waals surface area contributed by atoms with Crippen LogP contribution in [0.4, 0.5) is 5.95 Å². The summed E-state index contributed by atoms with van der Waals surface area (Å²) in [4.78, 5) is 26.9. The molecule has 0 radical (unpaired) electrons. The van der Waals surface area contributed by atoms with Crippen LogP contribution >= 0.6 is 0 Å². The molecule has 1 unspecified atom stereocenters. The lowest BCUT2D eigenvalue weighted by Crippen LogP contribution is -2.46. The molecule has 2 aliphatic heterocycles. The van der Waals surface area contributed by atoms with Crippen molar-refractivity contribution in [2.24, 2.45) is 0 Å². The largest absolute Gasteiger partial charge is 0.454 e. The Kier molecular flexibility index (Phi) is 5.41. The maximum Gasteiger partial charge on any atom is 0.231 e. The summed E-state index contributed by atoms with van der Waals surface area (Å²) in [6.07, 6.45) is 3.05. The van der Waals surface area contributed by atoms with Gasteiger partial charge < -0.3 is 14.4 Å². The van der Waals surface area contributed by atoms with E-state index in [9.17, 15) is 4.79 Å². The number of aromatic nitrogens is 2. The first kappa shape index (κ1) is 21.1. The van der Waals surface area contributed by atoms with E-state index < -0.39 is 0 Å². The number of benzene rings is 2. The zero-order valence-corrected chi connectivity index (χ0v) is 19.4. The molecule has 1 saturated heterocycles. The molecule has 7 heteroatoms. The number of ether oxygens (including phenoxy) is 2. The third-order valence-corrected chi connectivity index (χ3v) is 7.07. The van der Waals surface area contributed by atoms with Crippen LogP contribution in [0, 0.1) is 6.92 Å². The van der Waals surface area contributed by atoms with Crippen LogP contribution in [0.1, 0.15) is 45.1 Å². The van der Waals surface area contributed by atoms with Crippen molar-refractivity contribution >= 4 is 11.7 Å². The molecule has 3 aliphatic rings. The topological polar surface area (TPSA) is 67.8 Å². The zero-order valence-electron chi connectivity index (χ0n) is 19.4. The van der Waals surface area contributed by atoms with Gasteiger partial charge in [-0.1, -0.05) is 35.9 Å². The molecular formula is C27H28N4O3. The molecule has 0 amide bonds. The van der Waals surface area contributed by atoms with Crippen molar-refractivity contribution < 1.29 is 14.3 Å². The Morgan fingerprint density at radius 2 is 1.76 bits per heavy atom. The molecule has 34 heavy (non-hydrogen) atoms. The number of ketones is 1. The van der Waals surface area contributed by atoms with Crippen LogP contribution in [0.5, 0.6) is 11.5 Å². The summed E-state index contributed by atoms with van der Waals surface area (Å²) in [5, 5.41) is 0. The third kappa shape index (κ3) is 4.12. The van der Waals surface area contributed by atoms with Gasteiger partial charge in [0.05, 0.1) is 11.3 Å². The fraction of sp³-hybridized carbons (Fsp3) is 0.370. The average Bonchev–Trinajstić information content (AvgIpc) is 3.33. The van der Waals surface area contributed by atoms with Gasteiger partial charge in [0, 0.05) is 45.3 Å². The van der Waals surface area contributed by atoms with Crippen LogP contribution in [0.3, 0.4) is 0 Å². The molecule has 0 saturated carbocycles. The molecule has 0 spiro atoms. The number of hydrogen-bond donors (Lipinski definition) is 0. The maximum atomic E-state index is 12.8. The molecule has 3 aromatic rings. The summed E-state index contributed by atoms with van der Waals surface area (Å²) in [5.41, 5.74) is 5.24. The number of Topliss-reactive ketones (excluding diaryl/α,β-unsaturated/α-hetero) is 1. The predicted molar refractivity (Wildman–Crippen MR) is 129 cm³/mol. The quantitative estimate of drug-likeness (QED) is 0.592. The molecule has 0 N–H and O–H groups in total. The molecule has 1 atom stereocenters. The van der Waals surface area contributed by atoms with Crippen LogP contribution in [0.25, 0.3) is 0 Å². The summed E-state index contributed by atoms with van der Waals surface area (Å²) in [6.45, 7) is 6.84. The molecule has 6 rings (SSSR count). The number of carbonyl (C=O) groups is 1. The lowest BCUT2D eigenvalue weighted by Gasteiger charge is -2.35. The predicted octanol–water partition coefficient (Wildman–Crippen LogP) is 3.75. The van der Waals surface area contributed by atoms with Gasteiger partial charge >= 0.3 is 0 Å². The number of carbonyl (C=O) groups excluding carboxylic acids is 1.